The van der Waals surface area contributed by atoms with Gasteiger partial charge in [-0.05, 0) is 18.4 Å². The molecule has 122 valence electrons. The topological polar surface area (TPSA) is 78.4 Å². The van der Waals surface area contributed by atoms with E-state index in [9.17, 15) is 14.1 Å². The van der Waals surface area contributed by atoms with E-state index < -0.39 is 16.3 Å². The molecule has 0 unspecified atom stereocenters. The summed E-state index contributed by atoms with van der Waals surface area (Å²) < 4.78 is 12.0. The largest absolute Gasteiger partial charge is 0.394 e. The first-order valence-electron chi connectivity index (χ1n) is 7.69. The Morgan fingerprint density at radius 1 is 1.23 bits per heavy atom. The zero-order valence-electron chi connectivity index (χ0n) is 12.7. The highest BCUT2D eigenvalue weighted by atomic mass is 32.2. The molecule has 0 aliphatic heterocycles. The van der Waals surface area contributed by atoms with Crippen LogP contribution in [0.4, 0.5) is 4.79 Å². The summed E-state index contributed by atoms with van der Waals surface area (Å²) >= 11 is 0. The molecule has 1 aliphatic carbocycles. The zero-order valence-corrected chi connectivity index (χ0v) is 13.5. The molecule has 1 aromatic carbocycles. The van der Waals surface area contributed by atoms with Crippen molar-refractivity contribution in [3.63, 3.8) is 0 Å². The zero-order chi connectivity index (χ0) is 15.8. The van der Waals surface area contributed by atoms with Gasteiger partial charge < -0.3 is 15.7 Å². The Morgan fingerprint density at radius 3 is 2.55 bits per heavy atom. The van der Waals surface area contributed by atoms with Gasteiger partial charge in [0.15, 0.2) is 0 Å². The number of hydrogen-bond donors (Lipinski definition) is 3. The van der Waals surface area contributed by atoms with Crippen molar-refractivity contribution in [2.45, 2.75) is 37.0 Å². The van der Waals surface area contributed by atoms with Gasteiger partial charge in [-0.25, -0.2) is 4.79 Å². The maximum atomic E-state index is 12.0. The Bertz CT molecular complexity index is 501. The number of urea groups is 1. The van der Waals surface area contributed by atoms with Gasteiger partial charge >= 0.3 is 6.03 Å². The first-order chi connectivity index (χ1) is 10.6. The molecule has 1 saturated carbocycles. The fourth-order valence-electron chi connectivity index (χ4n) is 2.77. The molecule has 1 aromatic rings. The molecule has 6 heteroatoms. The lowest BCUT2D eigenvalue weighted by Crippen LogP contribution is -2.53. The lowest BCUT2D eigenvalue weighted by atomic mass is 9.99. The van der Waals surface area contributed by atoms with E-state index >= 15 is 0 Å². The van der Waals surface area contributed by atoms with Crippen LogP contribution in [0, 0.1) is 0 Å². The number of amides is 2. The van der Waals surface area contributed by atoms with Gasteiger partial charge in [0.1, 0.15) is 0 Å². The van der Waals surface area contributed by atoms with Gasteiger partial charge in [-0.2, -0.15) is 0 Å². The molecule has 1 fully saturated rings. The number of carbonyl (C=O) groups excluding carboxylic acids is 1. The average Bonchev–Trinajstić information content (AvgIpc) is 2.97. The van der Waals surface area contributed by atoms with Crippen molar-refractivity contribution in [3.8, 4) is 0 Å². The van der Waals surface area contributed by atoms with Crippen molar-refractivity contribution < 1.29 is 14.1 Å². The molecule has 2 rings (SSSR count). The number of benzene rings is 1. The summed E-state index contributed by atoms with van der Waals surface area (Å²) in [7, 11) is -0.995. The van der Waals surface area contributed by atoms with E-state index in [4.69, 9.17) is 0 Å². The van der Waals surface area contributed by atoms with Crippen LogP contribution >= 0.6 is 0 Å². The summed E-state index contributed by atoms with van der Waals surface area (Å²) in [5.41, 5.74) is 0.572. The summed E-state index contributed by atoms with van der Waals surface area (Å²) in [4.78, 5) is 11.9. The van der Waals surface area contributed by atoms with Gasteiger partial charge in [-0.3, -0.25) is 4.21 Å². The number of carbonyl (C=O) groups is 1. The average molecular weight is 324 g/mol. The lowest BCUT2D eigenvalue weighted by molar-refractivity contribution is 0.163. The maximum absolute atomic E-state index is 12.0. The second kappa shape index (κ2) is 8.29. The first-order valence-corrected chi connectivity index (χ1v) is 9.18. The molecule has 1 atom stereocenters. The van der Waals surface area contributed by atoms with Crippen LogP contribution in [0.2, 0.25) is 0 Å². The Balaban J connectivity index is 1.67. The number of rotatable bonds is 7. The van der Waals surface area contributed by atoms with Crippen LogP contribution in [0.1, 0.15) is 31.2 Å². The third-order valence-electron chi connectivity index (χ3n) is 4.03. The third kappa shape index (κ3) is 5.10. The van der Waals surface area contributed by atoms with Crippen LogP contribution in [-0.2, 0) is 16.6 Å². The third-order valence-corrected chi connectivity index (χ3v) is 5.34. The second-order valence-corrected chi connectivity index (χ2v) is 7.38. The fraction of sp³-hybridized carbons (Fsp3) is 0.562. The summed E-state index contributed by atoms with van der Waals surface area (Å²) in [5, 5.41) is 15.0. The van der Waals surface area contributed by atoms with Gasteiger partial charge in [0, 0.05) is 28.9 Å². The van der Waals surface area contributed by atoms with Crippen molar-refractivity contribution in [1.29, 1.82) is 0 Å². The van der Waals surface area contributed by atoms with E-state index in [2.05, 4.69) is 10.6 Å². The van der Waals surface area contributed by atoms with Gasteiger partial charge in [-0.15, -0.1) is 0 Å². The molecule has 0 saturated heterocycles. The molecule has 3 N–H and O–H groups in total. The van der Waals surface area contributed by atoms with Crippen LogP contribution in [0.15, 0.2) is 30.3 Å². The van der Waals surface area contributed by atoms with Crippen molar-refractivity contribution in [2.75, 3.05) is 18.9 Å². The minimum absolute atomic E-state index is 0.0274. The van der Waals surface area contributed by atoms with E-state index in [-0.39, 0.29) is 12.6 Å². The molecular weight excluding hydrogens is 300 g/mol. The maximum Gasteiger partial charge on any atom is 0.315 e. The van der Waals surface area contributed by atoms with Crippen molar-refractivity contribution >= 4 is 16.8 Å². The molecule has 0 heterocycles. The number of nitrogens with one attached hydrogen (secondary N) is 2. The van der Waals surface area contributed by atoms with E-state index in [0.717, 1.165) is 31.2 Å². The molecule has 0 bridgehead atoms. The molecule has 0 radical (unpaired) electrons. The molecule has 5 nitrogen and oxygen atoms in total. The Morgan fingerprint density at radius 2 is 1.91 bits per heavy atom. The minimum atomic E-state index is -0.995. The van der Waals surface area contributed by atoms with Gasteiger partial charge in [0.2, 0.25) is 0 Å². The first kappa shape index (κ1) is 17.0. The highest BCUT2D eigenvalue weighted by molar-refractivity contribution is 7.84. The van der Waals surface area contributed by atoms with Gasteiger partial charge in [0.25, 0.3) is 0 Å². The summed E-state index contributed by atoms with van der Waals surface area (Å²) in [6.45, 7) is 0.340. The highest BCUT2D eigenvalue weighted by Crippen LogP contribution is 2.28. The van der Waals surface area contributed by atoms with E-state index in [1.165, 1.54) is 0 Å². The SMILES string of the molecule is O=C(NCC[S@](=O)Cc1ccccc1)NC1(CO)CCCC1. The monoisotopic (exact) mass is 324 g/mol. The van der Waals surface area contributed by atoms with Crippen molar-refractivity contribution in [2.24, 2.45) is 0 Å². The fourth-order valence-corrected chi connectivity index (χ4v) is 3.81. The summed E-state index contributed by atoms with van der Waals surface area (Å²) in [5.74, 6) is 0.930. The highest BCUT2D eigenvalue weighted by Gasteiger charge is 2.34. The molecular formula is C16H24N2O3S. The smallest absolute Gasteiger partial charge is 0.315 e. The Hall–Kier alpha value is -1.40. The van der Waals surface area contributed by atoms with Gasteiger partial charge in [-0.1, -0.05) is 43.2 Å². The number of hydrogen-bond acceptors (Lipinski definition) is 3. The second-order valence-electron chi connectivity index (χ2n) is 5.80. The quantitative estimate of drug-likeness (QED) is 0.712. The minimum Gasteiger partial charge on any atom is -0.394 e. The van der Waals surface area contributed by atoms with Crippen LogP contribution in [0.3, 0.4) is 0 Å². The van der Waals surface area contributed by atoms with E-state index in [1.807, 2.05) is 30.3 Å². The standard InChI is InChI=1S/C16H24N2O3S/c19-13-16(8-4-5-9-16)18-15(20)17-10-11-22(21)12-14-6-2-1-3-7-14/h1-3,6-7,19H,4-5,8-13H2,(H2,17,18,20)/t22-/m0/s1. The predicted octanol–water partition coefficient (Wildman–Crippen LogP) is 1.54. The van der Waals surface area contributed by atoms with Crippen LogP contribution in [-0.4, -0.2) is 39.8 Å². The van der Waals surface area contributed by atoms with Crippen LogP contribution in [0.25, 0.3) is 0 Å². The molecule has 0 spiro atoms. The van der Waals surface area contributed by atoms with E-state index in [0.29, 0.717) is 18.1 Å². The Labute approximate surface area is 134 Å². The van der Waals surface area contributed by atoms with E-state index in [1.54, 1.807) is 0 Å². The summed E-state index contributed by atoms with van der Waals surface area (Å²) in [6, 6.07) is 9.39. The van der Waals surface area contributed by atoms with Crippen LogP contribution in [0.5, 0.6) is 0 Å². The lowest BCUT2D eigenvalue weighted by Gasteiger charge is -2.27. The van der Waals surface area contributed by atoms with Crippen LogP contribution < -0.4 is 10.6 Å². The summed E-state index contributed by atoms with van der Waals surface area (Å²) in [6.07, 6.45) is 3.69. The molecule has 2 amide bonds. The molecule has 1 aliphatic rings. The normalized spacial score (nSPS) is 17.9. The number of aliphatic hydroxyl groups excluding tert-OH is 1. The molecule has 0 aromatic heterocycles. The van der Waals surface area contributed by atoms with Crippen molar-refractivity contribution in [3.05, 3.63) is 35.9 Å². The predicted molar refractivity (Wildman–Crippen MR) is 88.0 cm³/mol. The molecule has 22 heavy (non-hydrogen) atoms. The van der Waals surface area contributed by atoms with Gasteiger partial charge in [0.05, 0.1) is 12.1 Å². The Kier molecular flexibility index (Phi) is 6.39. The number of aliphatic hydroxyl groups is 1. The van der Waals surface area contributed by atoms with Crippen molar-refractivity contribution in [1.82, 2.24) is 10.6 Å².